The number of allylic oxidation sites excluding steroid dienone is 12. The molecule has 61 heavy (non-hydrogen) atoms. The summed E-state index contributed by atoms with van der Waals surface area (Å²) in [4.78, 5) is 4.98. The van der Waals surface area contributed by atoms with Crippen molar-refractivity contribution in [2.24, 2.45) is 10.7 Å². The van der Waals surface area contributed by atoms with E-state index in [9.17, 15) is 0 Å². The van der Waals surface area contributed by atoms with Crippen molar-refractivity contribution >= 4 is 40.4 Å². The lowest BCUT2D eigenvalue weighted by Crippen LogP contribution is -2.07. The van der Waals surface area contributed by atoms with Gasteiger partial charge in [0.15, 0.2) is 0 Å². The molecule has 0 atom stereocenters. The molecule has 0 saturated heterocycles. The molecule has 3 heteroatoms. The summed E-state index contributed by atoms with van der Waals surface area (Å²) < 4.78 is 2.40. The minimum absolute atomic E-state index is 0.745. The van der Waals surface area contributed by atoms with Gasteiger partial charge in [0.2, 0.25) is 0 Å². The van der Waals surface area contributed by atoms with E-state index in [-0.39, 0.29) is 0 Å². The number of nitrogens with two attached hydrogens (primary N) is 1. The van der Waals surface area contributed by atoms with Crippen LogP contribution in [0.3, 0.4) is 0 Å². The molecule has 0 saturated carbocycles. The second-order valence-electron chi connectivity index (χ2n) is 14.0. The van der Waals surface area contributed by atoms with Crippen LogP contribution in [-0.4, -0.2) is 17.8 Å². The zero-order chi connectivity index (χ0) is 44.6. The minimum Gasteiger partial charge on any atom is -0.333 e. The summed E-state index contributed by atoms with van der Waals surface area (Å²) >= 11 is 0. The topological polar surface area (TPSA) is 43.3 Å². The van der Waals surface area contributed by atoms with Gasteiger partial charge in [-0.2, -0.15) is 0 Å². The molecule has 1 aromatic heterocycles. The standard InChI is InChI=1S/C50H48N2.C5H10.C2H6.CH5N/c1-7-13-14-17-32-51-48-31-30-47-46-22-15-16-23-49(46)52(50(47)45(48)12-6)43-21-18-20-42(35-43)44(11-5)38(10-4)33-36-24-26-39(27-25-36)41-29-28-37(9-3)40(34-41)19-8-2;1-3-5-4-2;2*1-2/h7-13,15-16,18-29,32,34-35H,3-6,14,17,30-31,33H2,1-2H3;3,5H,4H2,1-2H3;1-2H3;2H2,1H3/b13-7-,19-8-,44-38-,51-32?;5-3-;;. The highest BCUT2D eigenvalue weighted by atomic mass is 15.0. The maximum absolute atomic E-state index is 4.98. The molecule has 0 radical (unpaired) electrons. The summed E-state index contributed by atoms with van der Waals surface area (Å²) in [5.74, 6) is 0. The summed E-state index contributed by atoms with van der Waals surface area (Å²) in [6.07, 6.45) is 28.2. The Morgan fingerprint density at radius 2 is 1.44 bits per heavy atom. The third kappa shape index (κ3) is 12.6. The number of hydrogen-bond acceptors (Lipinski definition) is 2. The van der Waals surface area contributed by atoms with Crippen molar-refractivity contribution in [1.29, 1.82) is 0 Å². The van der Waals surface area contributed by atoms with Crippen LogP contribution in [0.4, 0.5) is 0 Å². The van der Waals surface area contributed by atoms with Crippen molar-refractivity contribution in [3.05, 3.63) is 211 Å². The molecule has 0 spiro atoms. The van der Waals surface area contributed by atoms with Gasteiger partial charge in [0.1, 0.15) is 0 Å². The fraction of sp³-hybridized carbons (Fsp3) is 0.224. The summed E-state index contributed by atoms with van der Waals surface area (Å²) in [5.41, 5.74) is 20.7. The van der Waals surface area contributed by atoms with E-state index in [0.29, 0.717) is 0 Å². The van der Waals surface area contributed by atoms with Crippen molar-refractivity contribution in [2.75, 3.05) is 7.05 Å². The smallest absolute Gasteiger partial charge is 0.0591 e. The number of rotatable bonds is 15. The Bertz CT molecular complexity index is 2400. The van der Waals surface area contributed by atoms with Gasteiger partial charge in [0, 0.05) is 28.6 Å². The van der Waals surface area contributed by atoms with Gasteiger partial charge >= 0.3 is 0 Å². The number of hydrogen-bond donors (Lipinski definition) is 1. The van der Waals surface area contributed by atoms with Crippen LogP contribution in [0.2, 0.25) is 0 Å². The van der Waals surface area contributed by atoms with Crippen LogP contribution >= 0.6 is 0 Å². The van der Waals surface area contributed by atoms with E-state index in [1.54, 1.807) is 0 Å². The number of unbranched alkanes of at least 4 members (excludes halogenated alkanes) is 1. The first-order chi connectivity index (χ1) is 30.0. The van der Waals surface area contributed by atoms with Gasteiger partial charge in [-0.3, -0.25) is 4.99 Å². The predicted octanol–water partition coefficient (Wildman–Crippen LogP) is 16.2. The van der Waals surface area contributed by atoms with E-state index in [0.717, 1.165) is 77.8 Å². The van der Waals surface area contributed by atoms with Crippen LogP contribution < -0.4 is 5.73 Å². The van der Waals surface area contributed by atoms with Crippen LogP contribution in [0.1, 0.15) is 101 Å². The normalized spacial score (nSPS) is 12.6. The molecular formula is C58H69N3. The predicted molar refractivity (Wildman–Crippen MR) is 276 cm³/mol. The Kier molecular flexibility index (Phi) is 21.5. The van der Waals surface area contributed by atoms with Gasteiger partial charge in [-0.15, -0.1) is 0 Å². The lowest BCUT2D eigenvalue weighted by Gasteiger charge is -2.20. The molecule has 0 unspecified atom stereocenters. The number of aliphatic imine (C=N–C) groups is 1. The fourth-order valence-corrected chi connectivity index (χ4v) is 7.55. The molecule has 2 N–H and O–H groups in total. The SMILES string of the molecule is C/C=C\CC.C=CC1=C(N=CCC/C=C\C)CCc2c1n(-c1cccc(/C(C=C)=C(/C=C)Cc3ccc(-c4ccc(C=C)c(/C=C\C)c4)cc3)c1)c1ccccc21.CC.CN. The third-order valence-corrected chi connectivity index (χ3v) is 10.3. The van der Waals surface area contributed by atoms with Gasteiger partial charge in [0.25, 0.3) is 0 Å². The first-order valence-electron chi connectivity index (χ1n) is 21.8. The average molecular weight is 808 g/mol. The molecule has 5 aromatic rings. The molecule has 1 heterocycles. The molecule has 0 fully saturated rings. The number of para-hydroxylation sites is 1. The lowest BCUT2D eigenvalue weighted by atomic mass is 9.92. The average Bonchev–Trinajstić information content (AvgIpc) is 3.65. The molecule has 1 aliphatic carbocycles. The molecular weight excluding hydrogens is 739 g/mol. The molecule has 6 rings (SSSR count). The first kappa shape index (κ1) is 49.1. The summed E-state index contributed by atoms with van der Waals surface area (Å²) in [5, 5.41) is 1.28. The van der Waals surface area contributed by atoms with E-state index < -0.39 is 0 Å². The molecule has 0 aliphatic heterocycles. The zero-order valence-corrected chi connectivity index (χ0v) is 38.1. The van der Waals surface area contributed by atoms with Crippen molar-refractivity contribution in [2.45, 2.75) is 80.1 Å². The van der Waals surface area contributed by atoms with Crippen molar-refractivity contribution < 1.29 is 0 Å². The highest BCUT2D eigenvalue weighted by molar-refractivity contribution is 5.95. The lowest BCUT2D eigenvalue weighted by molar-refractivity contribution is 0.895. The van der Waals surface area contributed by atoms with E-state index >= 15 is 0 Å². The van der Waals surface area contributed by atoms with Crippen molar-refractivity contribution in [3.63, 3.8) is 0 Å². The summed E-state index contributed by atoms with van der Waals surface area (Å²) in [6.45, 7) is 29.0. The van der Waals surface area contributed by atoms with Gasteiger partial charge in [0.05, 0.1) is 11.2 Å². The minimum atomic E-state index is 0.745. The molecule has 1 aliphatic rings. The monoisotopic (exact) mass is 808 g/mol. The van der Waals surface area contributed by atoms with Gasteiger partial charge in [-0.25, -0.2) is 0 Å². The molecule has 0 bridgehead atoms. The number of nitrogens with zero attached hydrogens (tertiary/aromatic N) is 2. The molecule has 3 nitrogen and oxygen atoms in total. The fourth-order valence-electron chi connectivity index (χ4n) is 7.55. The third-order valence-electron chi connectivity index (χ3n) is 10.3. The summed E-state index contributed by atoms with van der Waals surface area (Å²) in [7, 11) is 1.50. The first-order valence-corrected chi connectivity index (χ1v) is 21.8. The largest absolute Gasteiger partial charge is 0.333 e. The Morgan fingerprint density at radius 1 is 0.721 bits per heavy atom. The Hall–Kier alpha value is -6.29. The highest BCUT2D eigenvalue weighted by Gasteiger charge is 2.26. The quantitative estimate of drug-likeness (QED) is 0.0487. The second kappa shape index (κ2) is 26.7. The summed E-state index contributed by atoms with van der Waals surface area (Å²) in [6, 6.07) is 32.9. The van der Waals surface area contributed by atoms with Gasteiger partial charge in [-0.05, 0) is 141 Å². The number of aryl methyl sites for hydroxylation is 1. The Morgan fingerprint density at radius 3 is 2.07 bits per heavy atom. The van der Waals surface area contributed by atoms with Crippen LogP contribution in [-0.2, 0) is 12.8 Å². The number of fused-ring (bicyclic) bond motifs is 3. The Labute approximate surface area is 368 Å². The van der Waals surface area contributed by atoms with E-state index in [1.807, 2.05) is 52.0 Å². The Balaban J connectivity index is 0.00000101. The van der Waals surface area contributed by atoms with Gasteiger partial charge < -0.3 is 10.3 Å². The van der Waals surface area contributed by atoms with Crippen LogP contribution in [0.15, 0.2) is 182 Å². The zero-order valence-electron chi connectivity index (χ0n) is 38.1. The van der Waals surface area contributed by atoms with Gasteiger partial charge in [-0.1, -0.05) is 175 Å². The molecule has 0 amide bonds. The van der Waals surface area contributed by atoms with E-state index in [2.05, 4.69) is 184 Å². The maximum Gasteiger partial charge on any atom is 0.0591 e. The van der Waals surface area contributed by atoms with Crippen molar-refractivity contribution in [3.8, 4) is 16.8 Å². The molecule has 4 aromatic carbocycles. The van der Waals surface area contributed by atoms with Crippen LogP contribution in [0, 0.1) is 0 Å². The molecule has 316 valence electrons. The van der Waals surface area contributed by atoms with Crippen LogP contribution in [0.25, 0.3) is 51.0 Å². The number of aromatic nitrogens is 1. The maximum atomic E-state index is 4.98. The highest BCUT2D eigenvalue weighted by Crippen LogP contribution is 2.41. The van der Waals surface area contributed by atoms with Crippen LogP contribution in [0.5, 0.6) is 0 Å². The van der Waals surface area contributed by atoms with E-state index in [4.69, 9.17) is 4.99 Å². The second-order valence-corrected chi connectivity index (χ2v) is 14.0. The van der Waals surface area contributed by atoms with Crippen molar-refractivity contribution in [1.82, 2.24) is 4.57 Å². The number of benzene rings is 4. The van der Waals surface area contributed by atoms with E-state index in [1.165, 1.54) is 51.5 Å².